The molecule has 1 fully saturated rings. The molecule has 1 heterocycles. The van der Waals surface area contributed by atoms with Crippen LogP contribution in [0.25, 0.3) is 0 Å². The van der Waals surface area contributed by atoms with Crippen molar-refractivity contribution in [3.8, 4) is 0 Å². The Morgan fingerprint density at radius 3 is 2.73 bits per heavy atom. The first kappa shape index (κ1) is 11.1. The van der Waals surface area contributed by atoms with Crippen LogP contribution in [0.1, 0.15) is 25.7 Å². The van der Waals surface area contributed by atoms with Crippen LogP contribution in [-0.2, 0) is 0 Å². The molecule has 0 atom stereocenters. The Balaban J connectivity index is 1.82. The molecule has 5 heteroatoms. The summed E-state index contributed by atoms with van der Waals surface area (Å²) >= 11 is 3.54. The van der Waals surface area contributed by atoms with Gasteiger partial charge in [0.15, 0.2) is 5.13 Å². The van der Waals surface area contributed by atoms with E-state index in [1.807, 2.05) is 11.8 Å². The number of thioether (sulfide) groups is 1. The Hall–Kier alpha value is -0.420. The summed E-state index contributed by atoms with van der Waals surface area (Å²) < 4.78 is 0. The van der Waals surface area contributed by atoms with Gasteiger partial charge in [0.2, 0.25) is 0 Å². The first-order valence-corrected chi connectivity index (χ1v) is 7.39. The van der Waals surface area contributed by atoms with E-state index in [9.17, 15) is 0 Å². The van der Waals surface area contributed by atoms with Gasteiger partial charge in [-0.2, -0.15) is 11.8 Å². The van der Waals surface area contributed by atoms with Crippen molar-refractivity contribution < 1.29 is 0 Å². The molecule has 1 aromatic heterocycles. The number of thiazole rings is 1. The second-order valence-electron chi connectivity index (χ2n) is 3.92. The predicted molar refractivity (Wildman–Crippen MR) is 69.7 cm³/mol. The summed E-state index contributed by atoms with van der Waals surface area (Å²) in [5.41, 5.74) is 5.64. The molecule has 0 amide bonds. The van der Waals surface area contributed by atoms with Gasteiger partial charge in [0.05, 0.1) is 6.20 Å². The summed E-state index contributed by atoms with van der Waals surface area (Å²) in [4.78, 5) is 4.23. The topological polar surface area (TPSA) is 50.9 Å². The van der Waals surface area contributed by atoms with Crippen molar-refractivity contribution in [2.45, 2.75) is 37.0 Å². The van der Waals surface area contributed by atoms with E-state index in [2.05, 4.69) is 16.6 Å². The van der Waals surface area contributed by atoms with E-state index in [4.69, 9.17) is 5.73 Å². The Labute approximate surface area is 98.9 Å². The highest BCUT2D eigenvalue weighted by molar-refractivity contribution is 7.99. The molecule has 0 aromatic carbocycles. The minimum absolute atomic E-state index is 0.596. The number of nitrogen functional groups attached to an aromatic ring is 1. The van der Waals surface area contributed by atoms with Crippen LogP contribution >= 0.6 is 23.1 Å². The zero-order valence-electron chi connectivity index (χ0n) is 8.90. The average Bonchev–Trinajstić information content (AvgIpc) is 2.65. The average molecular weight is 243 g/mol. The Morgan fingerprint density at radius 1 is 1.47 bits per heavy atom. The standard InChI is InChI=1S/C10H17N3S2/c1-14-8-4-2-7(3-5-8)13-10-12-6-9(11)15-10/h6-8H,2-5,11H2,1H3,(H,12,13). The van der Waals surface area contributed by atoms with Gasteiger partial charge in [0, 0.05) is 11.3 Å². The number of rotatable bonds is 3. The molecule has 84 valence electrons. The van der Waals surface area contributed by atoms with Gasteiger partial charge in [-0.25, -0.2) is 4.98 Å². The molecule has 3 N–H and O–H groups in total. The molecule has 15 heavy (non-hydrogen) atoms. The van der Waals surface area contributed by atoms with E-state index in [0.717, 1.165) is 15.4 Å². The van der Waals surface area contributed by atoms with Crippen LogP contribution in [0, 0.1) is 0 Å². The van der Waals surface area contributed by atoms with Crippen molar-refractivity contribution in [2.24, 2.45) is 0 Å². The van der Waals surface area contributed by atoms with Crippen LogP contribution in [0.15, 0.2) is 6.20 Å². The van der Waals surface area contributed by atoms with Gasteiger partial charge < -0.3 is 11.1 Å². The molecular formula is C10H17N3S2. The normalized spacial score (nSPS) is 26.5. The highest BCUT2D eigenvalue weighted by Gasteiger charge is 2.20. The molecule has 0 aliphatic heterocycles. The van der Waals surface area contributed by atoms with E-state index in [1.54, 1.807) is 6.20 Å². The zero-order valence-corrected chi connectivity index (χ0v) is 10.5. The molecule has 3 nitrogen and oxygen atoms in total. The molecule has 0 saturated heterocycles. The third-order valence-corrected chi connectivity index (χ3v) is 4.75. The quantitative estimate of drug-likeness (QED) is 0.857. The highest BCUT2D eigenvalue weighted by Crippen LogP contribution is 2.29. The van der Waals surface area contributed by atoms with Crippen LogP contribution in [-0.4, -0.2) is 22.5 Å². The van der Waals surface area contributed by atoms with E-state index in [-0.39, 0.29) is 0 Å². The first-order chi connectivity index (χ1) is 7.28. The molecule has 0 bridgehead atoms. The largest absolute Gasteiger partial charge is 0.389 e. The maximum Gasteiger partial charge on any atom is 0.184 e. The molecule has 0 radical (unpaired) electrons. The summed E-state index contributed by atoms with van der Waals surface area (Å²) in [5, 5.41) is 6.09. The number of nitrogens with one attached hydrogen (secondary N) is 1. The number of hydrogen-bond donors (Lipinski definition) is 2. The summed E-state index contributed by atoms with van der Waals surface area (Å²) in [6.07, 6.45) is 9.08. The van der Waals surface area contributed by atoms with E-state index in [0.29, 0.717) is 6.04 Å². The third kappa shape index (κ3) is 3.01. The number of anilines is 2. The summed E-state index contributed by atoms with van der Waals surface area (Å²) in [6, 6.07) is 0.596. The SMILES string of the molecule is CSC1CCC(Nc2ncc(N)s2)CC1. The van der Waals surface area contributed by atoms with Crippen LogP contribution in [0.3, 0.4) is 0 Å². The van der Waals surface area contributed by atoms with Gasteiger partial charge in [0.1, 0.15) is 5.00 Å². The van der Waals surface area contributed by atoms with E-state index >= 15 is 0 Å². The summed E-state index contributed by atoms with van der Waals surface area (Å²) in [5.74, 6) is 0. The minimum Gasteiger partial charge on any atom is -0.389 e. The molecule has 2 rings (SSSR count). The summed E-state index contributed by atoms with van der Waals surface area (Å²) in [6.45, 7) is 0. The van der Waals surface area contributed by atoms with Crippen LogP contribution in [0.2, 0.25) is 0 Å². The Morgan fingerprint density at radius 2 is 2.20 bits per heavy atom. The highest BCUT2D eigenvalue weighted by atomic mass is 32.2. The van der Waals surface area contributed by atoms with Crippen LogP contribution in [0.4, 0.5) is 10.1 Å². The van der Waals surface area contributed by atoms with Crippen molar-refractivity contribution in [1.82, 2.24) is 4.98 Å². The van der Waals surface area contributed by atoms with E-state index < -0.39 is 0 Å². The predicted octanol–water partition coefficient (Wildman–Crippen LogP) is 2.81. The van der Waals surface area contributed by atoms with E-state index in [1.165, 1.54) is 37.0 Å². The lowest BCUT2D eigenvalue weighted by atomic mass is 9.95. The molecule has 1 saturated carbocycles. The van der Waals surface area contributed by atoms with Gasteiger partial charge in [-0.1, -0.05) is 11.3 Å². The van der Waals surface area contributed by atoms with Crippen molar-refractivity contribution in [3.63, 3.8) is 0 Å². The van der Waals surface area contributed by atoms with Gasteiger partial charge in [-0.15, -0.1) is 0 Å². The Kier molecular flexibility index (Phi) is 3.75. The van der Waals surface area contributed by atoms with Gasteiger partial charge in [-0.05, 0) is 31.9 Å². The van der Waals surface area contributed by atoms with Gasteiger partial charge in [0.25, 0.3) is 0 Å². The lowest BCUT2D eigenvalue weighted by Gasteiger charge is -2.27. The minimum atomic E-state index is 0.596. The van der Waals surface area contributed by atoms with Gasteiger partial charge >= 0.3 is 0 Å². The van der Waals surface area contributed by atoms with Crippen molar-refractivity contribution in [3.05, 3.63) is 6.20 Å². The van der Waals surface area contributed by atoms with Crippen molar-refractivity contribution >= 4 is 33.2 Å². The lowest BCUT2D eigenvalue weighted by molar-refractivity contribution is 0.473. The maximum absolute atomic E-state index is 5.64. The number of nitrogens with two attached hydrogens (primary N) is 1. The Bertz CT molecular complexity index is 305. The zero-order chi connectivity index (χ0) is 10.7. The van der Waals surface area contributed by atoms with Crippen molar-refractivity contribution in [2.75, 3.05) is 17.3 Å². The molecule has 0 unspecified atom stereocenters. The number of hydrogen-bond acceptors (Lipinski definition) is 5. The fourth-order valence-corrected chi connectivity index (χ4v) is 3.37. The number of nitrogens with zero attached hydrogens (tertiary/aromatic N) is 1. The van der Waals surface area contributed by atoms with Gasteiger partial charge in [-0.3, -0.25) is 0 Å². The van der Waals surface area contributed by atoms with Crippen molar-refractivity contribution in [1.29, 1.82) is 0 Å². The number of aromatic nitrogens is 1. The first-order valence-electron chi connectivity index (χ1n) is 5.28. The van der Waals surface area contributed by atoms with Crippen LogP contribution < -0.4 is 11.1 Å². The smallest absolute Gasteiger partial charge is 0.184 e. The summed E-state index contributed by atoms with van der Waals surface area (Å²) in [7, 11) is 0. The molecule has 1 aromatic rings. The molecular weight excluding hydrogens is 226 g/mol. The maximum atomic E-state index is 5.64. The molecule has 0 spiro atoms. The fourth-order valence-electron chi connectivity index (χ4n) is 1.97. The van der Waals surface area contributed by atoms with Crippen LogP contribution in [0.5, 0.6) is 0 Å². The monoisotopic (exact) mass is 243 g/mol. The second kappa shape index (κ2) is 5.07. The molecule has 1 aliphatic carbocycles. The third-order valence-electron chi connectivity index (χ3n) is 2.86. The lowest BCUT2D eigenvalue weighted by Crippen LogP contribution is -2.26. The molecule has 1 aliphatic rings. The second-order valence-corrected chi connectivity index (χ2v) is 6.12. The fraction of sp³-hybridized carbons (Fsp3) is 0.700.